The molecule has 0 unspecified atom stereocenters. The Hall–Kier alpha value is -4.85. The molecule has 0 aliphatic rings. The minimum atomic E-state index is -4.91. The van der Waals surface area contributed by atoms with Gasteiger partial charge < -0.3 is 10.5 Å². The number of nitrogens with two attached hydrogens (primary N) is 1. The standard InChI is InChI=1S/C28H23N5O10S3/c1-15-10-22(29)26(43-2)14-25(15)33-32-23-8-9-24(20-13-17(44(34,35)36)6-7-18(20)23)31-30-16-11-21-19(28(12-16)46(40,41)42)4-3-5-27(21)45(37,38)39/h3-14H,29H2,1-2H3,(H,34,35,36)(H,37,38,39)(H,40,41,42). The van der Waals surface area contributed by atoms with Crippen molar-refractivity contribution in [2.45, 2.75) is 21.6 Å². The van der Waals surface area contributed by atoms with E-state index in [1.54, 1.807) is 19.1 Å². The van der Waals surface area contributed by atoms with E-state index in [4.69, 9.17) is 10.5 Å². The van der Waals surface area contributed by atoms with E-state index in [0.29, 0.717) is 28.1 Å². The highest BCUT2D eigenvalue weighted by Crippen LogP contribution is 2.39. The zero-order chi connectivity index (χ0) is 33.6. The molecule has 15 nitrogen and oxygen atoms in total. The average Bonchev–Trinajstić information content (AvgIpc) is 2.97. The lowest BCUT2D eigenvalue weighted by atomic mass is 10.1. The summed E-state index contributed by atoms with van der Waals surface area (Å²) in [6.07, 6.45) is 0. The van der Waals surface area contributed by atoms with Crippen molar-refractivity contribution in [2.75, 3.05) is 12.8 Å². The fourth-order valence-electron chi connectivity index (χ4n) is 4.64. The van der Waals surface area contributed by atoms with E-state index < -0.39 is 45.0 Å². The van der Waals surface area contributed by atoms with E-state index >= 15 is 0 Å². The number of ether oxygens (including phenoxy) is 1. The molecule has 0 atom stereocenters. The molecule has 0 spiro atoms. The van der Waals surface area contributed by atoms with Crippen molar-refractivity contribution in [3.8, 4) is 5.75 Å². The maximum atomic E-state index is 12.2. The molecule has 0 aliphatic heterocycles. The van der Waals surface area contributed by atoms with Crippen LogP contribution >= 0.6 is 0 Å². The summed E-state index contributed by atoms with van der Waals surface area (Å²) in [6.45, 7) is 1.77. The van der Waals surface area contributed by atoms with E-state index in [-0.39, 0.29) is 33.2 Å². The Balaban J connectivity index is 1.69. The Bertz CT molecular complexity index is 2460. The summed E-state index contributed by atoms with van der Waals surface area (Å²) in [4.78, 5) is -1.81. The normalized spacial score (nSPS) is 12.9. The third-order valence-corrected chi connectivity index (χ3v) is 9.44. The molecule has 46 heavy (non-hydrogen) atoms. The van der Waals surface area contributed by atoms with Gasteiger partial charge in [0.1, 0.15) is 15.5 Å². The summed E-state index contributed by atoms with van der Waals surface area (Å²) < 4.78 is 107. The van der Waals surface area contributed by atoms with Crippen LogP contribution < -0.4 is 10.5 Å². The lowest BCUT2D eigenvalue weighted by Gasteiger charge is -2.09. The number of aryl methyl sites for hydroxylation is 1. The topological polar surface area (TPSA) is 248 Å². The van der Waals surface area contributed by atoms with Gasteiger partial charge in [0.15, 0.2) is 0 Å². The molecular weight excluding hydrogens is 663 g/mol. The molecule has 5 rings (SSSR count). The molecule has 0 bridgehead atoms. The molecule has 0 heterocycles. The number of hydrogen-bond acceptors (Lipinski definition) is 12. The Morgan fingerprint density at radius 3 is 1.87 bits per heavy atom. The zero-order valence-electron chi connectivity index (χ0n) is 23.7. The summed E-state index contributed by atoms with van der Waals surface area (Å²) in [5, 5.41) is 16.7. The molecule has 0 amide bonds. The van der Waals surface area contributed by atoms with Gasteiger partial charge in [-0.25, -0.2) is 0 Å². The number of fused-ring (bicyclic) bond motifs is 2. The zero-order valence-corrected chi connectivity index (χ0v) is 26.2. The fraction of sp³-hybridized carbons (Fsp3) is 0.0714. The van der Waals surface area contributed by atoms with E-state index in [9.17, 15) is 38.9 Å². The van der Waals surface area contributed by atoms with Crippen molar-refractivity contribution in [2.24, 2.45) is 20.5 Å². The Kier molecular flexibility index (Phi) is 8.36. The number of nitrogen functional groups attached to an aromatic ring is 1. The second kappa shape index (κ2) is 11.8. The molecule has 18 heteroatoms. The Morgan fingerprint density at radius 1 is 0.609 bits per heavy atom. The van der Waals surface area contributed by atoms with Gasteiger partial charge in [-0.15, -0.1) is 10.2 Å². The van der Waals surface area contributed by atoms with E-state index in [1.165, 1.54) is 37.4 Å². The van der Waals surface area contributed by atoms with Gasteiger partial charge in [0.25, 0.3) is 30.4 Å². The largest absolute Gasteiger partial charge is 0.495 e. The van der Waals surface area contributed by atoms with Crippen LogP contribution in [0, 0.1) is 6.92 Å². The number of benzene rings is 5. The molecular formula is C28H23N5O10S3. The number of hydrogen-bond donors (Lipinski definition) is 4. The second-order valence-corrected chi connectivity index (χ2v) is 14.0. The third-order valence-electron chi connectivity index (χ3n) is 6.79. The lowest BCUT2D eigenvalue weighted by Crippen LogP contribution is -2.03. The highest BCUT2D eigenvalue weighted by Gasteiger charge is 2.21. The summed E-state index contributed by atoms with van der Waals surface area (Å²) >= 11 is 0. The highest BCUT2D eigenvalue weighted by molar-refractivity contribution is 7.86. The number of nitrogens with zero attached hydrogens (tertiary/aromatic N) is 4. The maximum absolute atomic E-state index is 12.2. The van der Waals surface area contributed by atoms with Gasteiger partial charge >= 0.3 is 0 Å². The Labute approximate surface area is 262 Å². The number of anilines is 1. The summed E-state index contributed by atoms with van der Waals surface area (Å²) in [5.74, 6) is 0.382. The first-order valence-electron chi connectivity index (χ1n) is 12.8. The van der Waals surface area contributed by atoms with Crippen LogP contribution in [-0.4, -0.2) is 46.0 Å². The van der Waals surface area contributed by atoms with Crippen LogP contribution in [-0.2, 0) is 30.4 Å². The molecule has 0 saturated carbocycles. The van der Waals surface area contributed by atoms with Crippen molar-refractivity contribution >= 4 is 80.3 Å². The van der Waals surface area contributed by atoms with Crippen LogP contribution in [0.5, 0.6) is 5.75 Å². The molecule has 0 aromatic heterocycles. The van der Waals surface area contributed by atoms with Crippen LogP contribution in [0.15, 0.2) is 108 Å². The van der Waals surface area contributed by atoms with Crippen molar-refractivity contribution in [1.29, 1.82) is 0 Å². The number of rotatable bonds is 8. The maximum Gasteiger partial charge on any atom is 0.295 e. The van der Waals surface area contributed by atoms with Crippen LogP contribution in [0.3, 0.4) is 0 Å². The predicted molar refractivity (Wildman–Crippen MR) is 168 cm³/mol. The smallest absolute Gasteiger partial charge is 0.295 e. The first-order valence-corrected chi connectivity index (χ1v) is 17.1. The van der Waals surface area contributed by atoms with Crippen LogP contribution in [0.25, 0.3) is 21.5 Å². The number of methoxy groups -OCH3 is 1. The molecule has 0 aliphatic carbocycles. The van der Waals surface area contributed by atoms with E-state index in [2.05, 4.69) is 20.5 Å². The van der Waals surface area contributed by atoms with E-state index in [0.717, 1.165) is 30.3 Å². The van der Waals surface area contributed by atoms with E-state index in [1.807, 2.05) is 0 Å². The van der Waals surface area contributed by atoms with Crippen LogP contribution in [0.1, 0.15) is 5.56 Å². The van der Waals surface area contributed by atoms with Crippen molar-refractivity contribution in [1.82, 2.24) is 0 Å². The first kappa shape index (κ1) is 32.5. The third kappa shape index (κ3) is 6.57. The van der Waals surface area contributed by atoms with Gasteiger partial charge in [-0.1, -0.05) is 18.2 Å². The van der Waals surface area contributed by atoms with Crippen LogP contribution in [0.4, 0.5) is 28.4 Å². The fourth-order valence-corrected chi connectivity index (χ4v) is 6.57. The van der Waals surface area contributed by atoms with Crippen molar-refractivity contribution < 1.29 is 43.6 Å². The van der Waals surface area contributed by atoms with Gasteiger partial charge in [0.05, 0.1) is 40.4 Å². The number of azo groups is 2. The average molecular weight is 686 g/mol. The SMILES string of the molecule is COc1cc(N=Nc2ccc(N=Nc3cc(S(=O)(=O)O)c4cccc(S(=O)(=O)O)c4c3)c3cc(S(=O)(=O)O)ccc23)c(C)cc1N. The molecule has 5 aromatic carbocycles. The second-order valence-electron chi connectivity index (χ2n) is 9.81. The molecule has 0 radical (unpaired) electrons. The lowest BCUT2D eigenvalue weighted by molar-refractivity contribution is 0.417. The van der Waals surface area contributed by atoms with Crippen molar-refractivity contribution in [3.05, 3.63) is 78.4 Å². The highest BCUT2D eigenvalue weighted by atomic mass is 32.2. The molecule has 5 N–H and O–H groups in total. The molecule has 0 saturated heterocycles. The van der Waals surface area contributed by atoms with Gasteiger partial charge in [-0.3, -0.25) is 13.7 Å². The van der Waals surface area contributed by atoms with Gasteiger partial charge in [0, 0.05) is 27.6 Å². The van der Waals surface area contributed by atoms with Gasteiger partial charge in [-0.2, -0.15) is 35.5 Å². The van der Waals surface area contributed by atoms with Gasteiger partial charge in [-0.05, 0) is 61.0 Å². The summed E-state index contributed by atoms with van der Waals surface area (Å²) in [5.41, 5.74) is 7.53. The Morgan fingerprint density at radius 2 is 1.24 bits per heavy atom. The summed E-state index contributed by atoms with van der Waals surface area (Å²) in [6, 6.07) is 15.3. The monoisotopic (exact) mass is 685 g/mol. The quantitative estimate of drug-likeness (QED) is 0.0783. The molecule has 0 fully saturated rings. The summed E-state index contributed by atoms with van der Waals surface area (Å²) in [7, 11) is -12.9. The first-order chi connectivity index (χ1) is 21.5. The molecule has 238 valence electrons. The minimum Gasteiger partial charge on any atom is -0.495 e. The van der Waals surface area contributed by atoms with Crippen LogP contribution in [0.2, 0.25) is 0 Å². The molecule has 5 aromatic rings. The van der Waals surface area contributed by atoms with Gasteiger partial charge in [0.2, 0.25) is 0 Å². The van der Waals surface area contributed by atoms with Crippen molar-refractivity contribution in [3.63, 3.8) is 0 Å². The predicted octanol–water partition coefficient (Wildman–Crippen LogP) is 6.46. The minimum absolute atomic E-state index is 0.0290.